The van der Waals surface area contributed by atoms with Crippen molar-refractivity contribution in [1.82, 2.24) is 10.6 Å². The summed E-state index contributed by atoms with van der Waals surface area (Å²) in [4.78, 5) is 15.7. The molecule has 0 bridgehead atoms. The van der Waals surface area contributed by atoms with E-state index in [1.54, 1.807) is 7.05 Å². The molecule has 0 atom stereocenters. The molecule has 1 fully saturated rings. The first-order valence-electron chi connectivity index (χ1n) is 7.28. The minimum Gasteiger partial charge on any atom is -0.462 e. The van der Waals surface area contributed by atoms with Crippen molar-refractivity contribution in [3.63, 3.8) is 0 Å². The zero-order chi connectivity index (χ0) is 14.1. The van der Waals surface area contributed by atoms with Crippen LogP contribution in [0.5, 0.6) is 0 Å². The lowest BCUT2D eigenvalue weighted by Gasteiger charge is -2.14. The van der Waals surface area contributed by atoms with Gasteiger partial charge in [0, 0.05) is 26.1 Å². The molecule has 6 heteroatoms. The molecule has 1 aliphatic rings. The van der Waals surface area contributed by atoms with Crippen molar-refractivity contribution in [2.75, 3.05) is 13.6 Å². The van der Waals surface area contributed by atoms with Gasteiger partial charge in [-0.2, -0.15) is 0 Å². The summed E-state index contributed by atoms with van der Waals surface area (Å²) in [6, 6.07) is 0.346. The second-order valence-corrected chi connectivity index (χ2v) is 5.30. The number of esters is 1. The van der Waals surface area contributed by atoms with E-state index < -0.39 is 0 Å². The molecule has 0 aromatic heterocycles. The molecule has 1 aliphatic carbocycles. The van der Waals surface area contributed by atoms with Crippen molar-refractivity contribution in [3.05, 3.63) is 0 Å². The van der Waals surface area contributed by atoms with Gasteiger partial charge in [0.15, 0.2) is 5.96 Å². The van der Waals surface area contributed by atoms with Crippen molar-refractivity contribution in [2.45, 2.75) is 64.5 Å². The average molecular weight is 397 g/mol. The van der Waals surface area contributed by atoms with Gasteiger partial charge in [0.2, 0.25) is 0 Å². The molecule has 0 aliphatic heterocycles. The summed E-state index contributed by atoms with van der Waals surface area (Å²) in [5, 5.41) is 6.38. The molecular formula is C14H28IN3O2. The summed E-state index contributed by atoms with van der Waals surface area (Å²) in [6.45, 7) is 4.85. The minimum absolute atomic E-state index is 0. The molecule has 1 rings (SSSR count). The summed E-state index contributed by atoms with van der Waals surface area (Å²) in [7, 11) is 1.74. The molecule has 0 saturated heterocycles. The van der Waals surface area contributed by atoms with Crippen LogP contribution < -0.4 is 10.6 Å². The molecule has 20 heavy (non-hydrogen) atoms. The van der Waals surface area contributed by atoms with Gasteiger partial charge < -0.3 is 15.4 Å². The maximum absolute atomic E-state index is 11.6. The monoisotopic (exact) mass is 397 g/mol. The summed E-state index contributed by atoms with van der Waals surface area (Å²) in [6.07, 6.45) is 5.87. The van der Waals surface area contributed by atoms with Crippen LogP contribution >= 0.6 is 24.0 Å². The maximum Gasteiger partial charge on any atom is 0.306 e. The Labute approximate surface area is 139 Å². The first-order valence-corrected chi connectivity index (χ1v) is 7.28. The molecule has 0 radical (unpaired) electrons. The number of nitrogens with zero attached hydrogens (tertiary/aromatic N) is 1. The fourth-order valence-electron chi connectivity index (χ4n) is 2.16. The zero-order valence-corrected chi connectivity index (χ0v) is 15.1. The fourth-order valence-corrected chi connectivity index (χ4v) is 2.16. The number of carbonyl (C=O) groups excluding carboxylic acids is 1. The second kappa shape index (κ2) is 11.2. The summed E-state index contributed by atoms with van der Waals surface area (Å²) in [5.41, 5.74) is 0. The lowest BCUT2D eigenvalue weighted by atomic mass is 10.3. The number of nitrogens with one attached hydrogen (secondary N) is 2. The Morgan fingerprint density at radius 3 is 2.55 bits per heavy atom. The van der Waals surface area contributed by atoms with Crippen LogP contribution in [-0.4, -0.2) is 37.7 Å². The van der Waals surface area contributed by atoms with Gasteiger partial charge in [-0.1, -0.05) is 0 Å². The standard InChI is InChI=1S/C14H27N3O2.HI/c1-11(2)17-14(15-3)16-10-6-9-13(18)19-12-7-4-5-8-12;/h11-12H,4-10H2,1-3H3,(H2,15,16,17);1H. The van der Waals surface area contributed by atoms with Gasteiger partial charge in [0.25, 0.3) is 0 Å². The van der Waals surface area contributed by atoms with Gasteiger partial charge >= 0.3 is 5.97 Å². The Hall–Kier alpha value is -0.530. The van der Waals surface area contributed by atoms with Gasteiger partial charge in [-0.05, 0) is 46.0 Å². The number of ether oxygens (including phenoxy) is 1. The molecule has 0 heterocycles. The van der Waals surface area contributed by atoms with Crippen LogP contribution in [0, 0.1) is 0 Å². The average Bonchev–Trinajstić information content (AvgIpc) is 2.85. The number of guanidine groups is 1. The third-order valence-corrected chi connectivity index (χ3v) is 3.10. The van der Waals surface area contributed by atoms with Gasteiger partial charge in [0.05, 0.1) is 0 Å². The molecule has 2 N–H and O–H groups in total. The SMILES string of the molecule is CN=C(NCCCC(=O)OC1CCCC1)NC(C)C.I. The second-order valence-electron chi connectivity index (χ2n) is 5.30. The topological polar surface area (TPSA) is 62.7 Å². The zero-order valence-electron chi connectivity index (χ0n) is 12.8. The van der Waals surface area contributed by atoms with Crippen LogP contribution in [0.2, 0.25) is 0 Å². The number of aliphatic imine (C=N–C) groups is 1. The fraction of sp³-hybridized carbons (Fsp3) is 0.857. The highest BCUT2D eigenvalue weighted by Crippen LogP contribution is 2.21. The molecule has 118 valence electrons. The quantitative estimate of drug-likeness (QED) is 0.238. The van der Waals surface area contributed by atoms with Crippen molar-refractivity contribution >= 4 is 35.9 Å². The van der Waals surface area contributed by atoms with E-state index in [0.717, 1.165) is 31.8 Å². The molecule has 0 aromatic carbocycles. The van der Waals surface area contributed by atoms with Gasteiger partial charge in [-0.25, -0.2) is 0 Å². The minimum atomic E-state index is -0.0690. The largest absolute Gasteiger partial charge is 0.462 e. The third-order valence-electron chi connectivity index (χ3n) is 3.10. The lowest BCUT2D eigenvalue weighted by Crippen LogP contribution is -2.41. The Balaban J connectivity index is 0.00000361. The first kappa shape index (κ1) is 19.5. The Morgan fingerprint density at radius 2 is 2.00 bits per heavy atom. The molecule has 0 unspecified atom stereocenters. The number of carbonyl (C=O) groups is 1. The predicted molar refractivity (Wildman–Crippen MR) is 92.6 cm³/mol. The molecule has 0 aromatic rings. The van der Waals surface area contributed by atoms with E-state index in [1.165, 1.54) is 12.8 Å². The first-order chi connectivity index (χ1) is 9.11. The maximum atomic E-state index is 11.6. The molecule has 5 nitrogen and oxygen atoms in total. The summed E-state index contributed by atoms with van der Waals surface area (Å²) >= 11 is 0. The highest BCUT2D eigenvalue weighted by atomic mass is 127. The molecule has 0 spiro atoms. The predicted octanol–water partition coefficient (Wildman–Crippen LogP) is 2.44. The van der Waals surface area contributed by atoms with Crippen LogP contribution in [0.25, 0.3) is 0 Å². The van der Waals surface area contributed by atoms with Crippen LogP contribution in [0.15, 0.2) is 4.99 Å². The van der Waals surface area contributed by atoms with Crippen molar-refractivity contribution in [3.8, 4) is 0 Å². The molecular weight excluding hydrogens is 369 g/mol. The Bertz CT molecular complexity index is 303. The van der Waals surface area contributed by atoms with E-state index in [1.807, 2.05) is 0 Å². The van der Waals surface area contributed by atoms with Gasteiger partial charge in [-0.15, -0.1) is 24.0 Å². The third kappa shape index (κ3) is 8.60. The van der Waals surface area contributed by atoms with Crippen molar-refractivity contribution in [1.29, 1.82) is 0 Å². The molecule has 1 saturated carbocycles. The van der Waals surface area contributed by atoms with E-state index in [2.05, 4.69) is 29.5 Å². The van der Waals surface area contributed by atoms with E-state index in [4.69, 9.17) is 4.74 Å². The number of rotatable bonds is 6. The molecule has 0 amide bonds. The number of halogens is 1. The summed E-state index contributed by atoms with van der Waals surface area (Å²) in [5.74, 6) is 0.708. The van der Waals surface area contributed by atoms with E-state index in [-0.39, 0.29) is 36.0 Å². The van der Waals surface area contributed by atoms with Crippen LogP contribution in [0.1, 0.15) is 52.4 Å². The van der Waals surface area contributed by atoms with Crippen LogP contribution in [0.3, 0.4) is 0 Å². The highest BCUT2D eigenvalue weighted by molar-refractivity contribution is 14.0. The van der Waals surface area contributed by atoms with E-state index >= 15 is 0 Å². The van der Waals surface area contributed by atoms with Crippen LogP contribution in [0.4, 0.5) is 0 Å². The smallest absolute Gasteiger partial charge is 0.306 e. The number of hydrogen-bond acceptors (Lipinski definition) is 3. The van der Waals surface area contributed by atoms with Gasteiger partial charge in [0.1, 0.15) is 6.10 Å². The Morgan fingerprint density at radius 1 is 1.35 bits per heavy atom. The normalized spacial score (nSPS) is 15.9. The van der Waals surface area contributed by atoms with E-state index in [9.17, 15) is 4.79 Å². The lowest BCUT2D eigenvalue weighted by molar-refractivity contribution is -0.148. The number of hydrogen-bond donors (Lipinski definition) is 2. The highest BCUT2D eigenvalue weighted by Gasteiger charge is 2.18. The van der Waals surface area contributed by atoms with E-state index in [0.29, 0.717) is 12.5 Å². The van der Waals surface area contributed by atoms with Crippen molar-refractivity contribution in [2.24, 2.45) is 4.99 Å². The van der Waals surface area contributed by atoms with Crippen molar-refractivity contribution < 1.29 is 9.53 Å². The summed E-state index contributed by atoms with van der Waals surface area (Å²) < 4.78 is 5.40. The van der Waals surface area contributed by atoms with Crippen LogP contribution in [-0.2, 0) is 9.53 Å². The van der Waals surface area contributed by atoms with Gasteiger partial charge in [-0.3, -0.25) is 9.79 Å². The Kier molecular flexibility index (Phi) is 10.9.